The maximum Gasteiger partial charge on any atom is 0.223 e. The van der Waals surface area contributed by atoms with Crippen molar-refractivity contribution in [3.63, 3.8) is 0 Å². The van der Waals surface area contributed by atoms with Crippen molar-refractivity contribution in [2.24, 2.45) is 7.05 Å². The van der Waals surface area contributed by atoms with E-state index in [0.29, 0.717) is 43.4 Å². The number of carbonyl (C=O) groups excluding carboxylic acids is 1. The zero-order valence-corrected chi connectivity index (χ0v) is 18.3. The monoisotopic (exact) mass is 445 g/mol. The number of benzene rings is 1. The van der Waals surface area contributed by atoms with E-state index in [2.05, 4.69) is 9.97 Å². The Hall–Kier alpha value is -3.01. The summed E-state index contributed by atoms with van der Waals surface area (Å²) in [5.74, 6) is 0.380. The van der Waals surface area contributed by atoms with Gasteiger partial charge in [0.25, 0.3) is 0 Å². The third-order valence-electron chi connectivity index (χ3n) is 5.51. The van der Waals surface area contributed by atoms with Crippen molar-refractivity contribution in [3.8, 4) is 11.4 Å². The Morgan fingerprint density at radius 2 is 1.87 bits per heavy atom. The number of para-hydroxylation sites is 2. The molecule has 3 heterocycles. The van der Waals surface area contributed by atoms with Gasteiger partial charge in [-0.2, -0.15) is 0 Å². The highest BCUT2D eigenvalue weighted by Gasteiger charge is 2.24. The molecule has 0 aliphatic carbocycles. The topological polar surface area (TPSA) is 88.4 Å². The normalized spacial score (nSPS) is 14.9. The van der Waals surface area contributed by atoms with Crippen molar-refractivity contribution in [2.75, 3.05) is 43.1 Å². The number of hydrogen-bond donors (Lipinski definition) is 0. The van der Waals surface area contributed by atoms with Crippen LogP contribution in [0.1, 0.15) is 6.42 Å². The van der Waals surface area contributed by atoms with Gasteiger partial charge in [0.2, 0.25) is 5.91 Å². The van der Waals surface area contributed by atoms with Crippen LogP contribution in [0.5, 0.6) is 0 Å². The molecule has 1 aliphatic heterocycles. The highest BCUT2D eigenvalue weighted by atomic mass is 32.2. The van der Waals surface area contributed by atoms with Crippen LogP contribution in [0.2, 0.25) is 0 Å². The average molecular weight is 446 g/mol. The smallest absolute Gasteiger partial charge is 0.223 e. The zero-order chi connectivity index (χ0) is 22.2. The predicted octanol–water partition coefficient (Wildman–Crippen LogP) is 1.86. The summed E-state index contributed by atoms with van der Waals surface area (Å²) in [6.07, 6.45) is 2.32. The highest BCUT2D eigenvalue weighted by Crippen LogP contribution is 2.28. The molecule has 0 atom stereocenters. The summed E-state index contributed by atoms with van der Waals surface area (Å²) >= 11 is 0. The van der Waals surface area contributed by atoms with Crippen LogP contribution < -0.4 is 4.90 Å². The molecule has 3 aromatic rings. The molecule has 0 N–H and O–H groups in total. The molecule has 0 radical (unpaired) electrons. The summed E-state index contributed by atoms with van der Waals surface area (Å²) in [5.41, 5.74) is 2.07. The number of imidazole rings is 1. The minimum Gasteiger partial charge on any atom is -0.353 e. The average Bonchev–Trinajstić information content (AvgIpc) is 3.08. The molecule has 0 unspecified atom stereocenters. The highest BCUT2D eigenvalue weighted by molar-refractivity contribution is 7.90. The Bertz CT molecular complexity index is 1230. The molecule has 164 valence electrons. The summed E-state index contributed by atoms with van der Waals surface area (Å²) in [6.45, 7) is 1.99. The van der Waals surface area contributed by atoms with Crippen LogP contribution in [-0.4, -0.2) is 71.9 Å². The van der Waals surface area contributed by atoms with Gasteiger partial charge in [-0.1, -0.05) is 12.1 Å². The number of piperazine rings is 1. The van der Waals surface area contributed by atoms with E-state index >= 15 is 0 Å². The van der Waals surface area contributed by atoms with Gasteiger partial charge in [-0.25, -0.2) is 22.8 Å². The van der Waals surface area contributed by atoms with E-state index < -0.39 is 15.7 Å². The number of carbonyl (C=O) groups is 1. The standard InChI is InChI=1S/C21H24FN5O3S/c1-25-18-6-4-3-5-17(18)24-21(25)15-13-19(23-14-16(15)22)26-8-10-27(11-9-26)20(28)7-12-31(2,29)30/h3-6,13-14H,7-12H2,1-2H3. The van der Waals surface area contributed by atoms with Gasteiger partial charge < -0.3 is 14.4 Å². The molecule has 1 fully saturated rings. The second kappa shape index (κ2) is 8.26. The molecule has 0 bridgehead atoms. The number of hydrogen-bond acceptors (Lipinski definition) is 6. The van der Waals surface area contributed by atoms with E-state index in [1.165, 1.54) is 6.20 Å². The number of nitrogens with zero attached hydrogens (tertiary/aromatic N) is 5. The minimum absolute atomic E-state index is 0.00943. The van der Waals surface area contributed by atoms with E-state index in [1.807, 2.05) is 40.8 Å². The maximum absolute atomic E-state index is 14.6. The van der Waals surface area contributed by atoms with E-state index in [-0.39, 0.29) is 18.1 Å². The molecule has 1 amide bonds. The lowest BCUT2D eigenvalue weighted by Crippen LogP contribution is -2.49. The largest absolute Gasteiger partial charge is 0.353 e. The Morgan fingerprint density at radius 1 is 1.16 bits per heavy atom. The predicted molar refractivity (Wildman–Crippen MR) is 117 cm³/mol. The fraction of sp³-hybridized carbons (Fsp3) is 0.381. The molecule has 2 aromatic heterocycles. The molecular weight excluding hydrogens is 421 g/mol. The summed E-state index contributed by atoms with van der Waals surface area (Å²) < 4.78 is 39.1. The Kier molecular flexibility index (Phi) is 5.65. The van der Waals surface area contributed by atoms with Crippen LogP contribution in [0.25, 0.3) is 22.4 Å². The van der Waals surface area contributed by atoms with Gasteiger partial charge >= 0.3 is 0 Å². The summed E-state index contributed by atoms with van der Waals surface area (Å²) in [5, 5.41) is 0. The molecule has 31 heavy (non-hydrogen) atoms. The van der Waals surface area contributed by atoms with E-state index in [4.69, 9.17) is 0 Å². The fourth-order valence-electron chi connectivity index (χ4n) is 3.77. The Balaban J connectivity index is 1.50. The maximum atomic E-state index is 14.6. The van der Waals surface area contributed by atoms with Crippen LogP contribution in [0.15, 0.2) is 36.5 Å². The molecular formula is C21H24FN5O3S. The lowest BCUT2D eigenvalue weighted by molar-refractivity contribution is -0.131. The van der Waals surface area contributed by atoms with E-state index in [1.54, 1.807) is 11.0 Å². The number of halogens is 1. The quantitative estimate of drug-likeness (QED) is 0.596. The summed E-state index contributed by atoms with van der Waals surface area (Å²) in [4.78, 5) is 24.7. The van der Waals surface area contributed by atoms with Crippen LogP contribution in [0.4, 0.5) is 10.2 Å². The van der Waals surface area contributed by atoms with Crippen molar-refractivity contribution in [1.82, 2.24) is 19.4 Å². The molecule has 1 aliphatic rings. The Labute approximate surface area is 180 Å². The number of aryl methyl sites for hydroxylation is 1. The molecule has 1 saturated heterocycles. The van der Waals surface area contributed by atoms with Gasteiger partial charge in [-0.05, 0) is 18.2 Å². The van der Waals surface area contributed by atoms with Gasteiger partial charge in [0, 0.05) is 45.9 Å². The number of amides is 1. The van der Waals surface area contributed by atoms with Crippen molar-refractivity contribution in [3.05, 3.63) is 42.3 Å². The molecule has 0 saturated carbocycles. The minimum atomic E-state index is -3.17. The van der Waals surface area contributed by atoms with Crippen molar-refractivity contribution in [2.45, 2.75) is 6.42 Å². The van der Waals surface area contributed by atoms with Gasteiger partial charge in [0.05, 0.1) is 28.5 Å². The number of rotatable bonds is 5. The lowest BCUT2D eigenvalue weighted by Gasteiger charge is -2.35. The van der Waals surface area contributed by atoms with Gasteiger partial charge in [0.1, 0.15) is 21.5 Å². The Morgan fingerprint density at radius 3 is 2.55 bits per heavy atom. The van der Waals surface area contributed by atoms with Crippen LogP contribution in [-0.2, 0) is 21.7 Å². The summed E-state index contributed by atoms with van der Waals surface area (Å²) in [6, 6.07) is 9.32. The van der Waals surface area contributed by atoms with E-state index in [9.17, 15) is 17.6 Å². The van der Waals surface area contributed by atoms with Crippen LogP contribution >= 0.6 is 0 Å². The van der Waals surface area contributed by atoms with Crippen molar-refractivity contribution in [1.29, 1.82) is 0 Å². The van der Waals surface area contributed by atoms with Crippen LogP contribution in [0.3, 0.4) is 0 Å². The molecule has 4 rings (SSSR count). The zero-order valence-electron chi connectivity index (χ0n) is 17.5. The lowest BCUT2D eigenvalue weighted by atomic mass is 10.2. The summed E-state index contributed by atoms with van der Waals surface area (Å²) in [7, 11) is -1.32. The third-order valence-corrected chi connectivity index (χ3v) is 6.46. The second-order valence-corrected chi connectivity index (χ2v) is 10.0. The SMILES string of the molecule is Cn1c(-c2cc(N3CCN(C(=O)CCS(C)(=O)=O)CC3)ncc2F)nc2ccccc21. The fourth-order valence-corrected chi connectivity index (χ4v) is 4.32. The van der Waals surface area contributed by atoms with Crippen molar-refractivity contribution < 1.29 is 17.6 Å². The number of aromatic nitrogens is 3. The van der Waals surface area contributed by atoms with E-state index in [0.717, 1.165) is 17.3 Å². The molecule has 8 nitrogen and oxygen atoms in total. The number of pyridine rings is 1. The number of sulfone groups is 1. The van der Waals surface area contributed by atoms with Gasteiger partial charge in [0.15, 0.2) is 5.82 Å². The first kappa shape index (κ1) is 21.2. The first-order valence-corrected chi connectivity index (χ1v) is 12.1. The first-order chi connectivity index (χ1) is 14.7. The van der Waals surface area contributed by atoms with Crippen LogP contribution in [0, 0.1) is 5.82 Å². The van der Waals surface area contributed by atoms with Crippen molar-refractivity contribution >= 4 is 32.6 Å². The number of anilines is 1. The van der Waals surface area contributed by atoms with Gasteiger partial charge in [-0.15, -0.1) is 0 Å². The molecule has 1 aromatic carbocycles. The first-order valence-electron chi connectivity index (χ1n) is 10.0. The molecule has 10 heteroatoms. The second-order valence-electron chi connectivity index (χ2n) is 7.75. The van der Waals surface area contributed by atoms with Gasteiger partial charge in [-0.3, -0.25) is 4.79 Å². The molecule has 0 spiro atoms. The number of fused-ring (bicyclic) bond motifs is 1. The third kappa shape index (κ3) is 4.53.